The molecule has 106 valence electrons. The van der Waals surface area contributed by atoms with Crippen molar-refractivity contribution in [1.29, 1.82) is 5.26 Å². The van der Waals surface area contributed by atoms with Crippen LogP contribution in [0.2, 0.25) is 0 Å². The van der Waals surface area contributed by atoms with Crippen LogP contribution in [0.1, 0.15) is 11.3 Å². The molecular weight excluding hydrogens is 389 g/mol. The highest BCUT2D eigenvalue weighted by atomic mass is 127. The summed E-state index contributed by atoms with van der Waals surface area (Å²) in [7, 11) is 0. The van der Waals surface area contributed by atoms with Gasteiger partial charge in [0, 0.05) is 29.0 Å². The maximum atomic E-state index is 11.8. The van der Waals surface area contributed by atoms with Gasteiger partial charge < -0.3 is 10.1 Å². The fraction of sp³-hybridized carbons (Fsp3) is 0.0769. The summed E-state index contributed by atoms with van der Waals surface area (Å²) in [5.41, 5.74) is -0.304. The Morgan fingerprint density at radius 2 is 2.05 bits per heavy atom. The van der Waals surface area contributed by atoms with Crippen molar-refractivity contribution in [1.82, 2.24) is 4.98 Å². The van der Waals surface area contributed by atoms with Gasteiger partial charge in [0.1, 0.15) is 17.4 Å². The number of nitro groups is 1. The first kappa shape index (κ1) is 15.0. The van der Waals surface area contributed by atoms with E-state index in [0.717, 1.165) is 6.07 Å². The Labute approximate surface area is 132 Å². The number of phenolic OH excluding ortho intramolecular Hbond substituents is 1. The van der Waals surface area contributed by atoms with Crippen LogP contribution in [0.4, 0.5) is 5.69 Å². The summed E-state index contributed by atoms with van der Waals surface area (Å²) in [5, 5.41) is 30.1. The SMILES string of the molecule is Cc1cc(-c2cc([N+](=O)[O-])cc(I)c2O)c(C#N)c(=O)[nH]1. The Hall–Kier alpha value is -2.41. The minimum atomic E-state index is -0.603. The predicted octanol–water partition coefficient (Wildman–Crippen LogP) is 2.44. The molecule has 0 amide bonds. The molecule has 8 heteroatoms. The number of H-pyrrole nitrogens is 1. The standard InChI is InChI=1S/C13H8IN3O4/c1-6-2-8(10(5-15)13(19)16-6)9-3-7(17(20)21)4-11(14)12(9)18/h2-4,18H,1H3,(H,16,19). The second kappa shape index (κ2) is 5.53. The van der Waals surface area contributed by atoms with E-state index in [0.29, 0.717) is 5.69 Å². The number of nitrogens with zero attached hydrogens (tertiary/aromatic N) is 2. The third kappa shape index (κ3) is 2.73. The van der Waals surface area contributed by atoms with Crippen LogP contribution in [0.25, 0.3) is 11.1 Å². The van der Waals surface area contributed by atoms with E-state index in [1.54, 1.807) is 35.6 Å². The van der Waals surface area contributed by atoms with Gasteiger partial charge >= 0.3 is 0 Å². The van der Waals surface area contributed by atoms with E-state index in [1.165, 1.54) is 12.1 Å². The lowest BCUT2D eigenvalue weighted by molar-refractivity contribution is -0.384. The molecule has 2 rings (SSSR count). The number of aromatic nitrogens is 1. The molecule has 2 aromatic rings. The molecule has 7 nitrogen and oxygen atoms in total. The van der Waals surface area contributed by atoms with Crippen LogP contribution in [-0.2, 0) is 0 Å². The van der Waals surface area contributed by atoms with Crippen LogP contribution in [0.5, 0.6) is 5.75 Å². The van der Waals surface area contributed by atoms with Crippen molar-refractivity contribution in [3.8, 4) is 22.9 Å². The number of nitrogens with one attached hydrogen (secondary N) is 1. The normalized spacial score (nSPS) is 10.1. The molecule has 0 aliphatic carbocycles. The first-order chi connectivity index (χ1) is 9.85. The zero-order valence-corrected chi connectivity index (χ0v) is 12.8. The van der Waals surface area contributed by atoms with Crippen molar-refractivity contribution in [3.63, 3.8) is 0 Å². The zero-order chi connectivity index (χ0) is 15.7. The maximum absolute atomic E-state index is 11.8. The van der Waals surface area contributed by atoms with Crippen molar-refractivity contribution >= 4 is 28.3 Å². The van der Waals surface area contributed by atoms with Gasteiger partial charge in [0.2, 0.25) is 0 Å². The van der Waals surface area contributed by atoms with E-state index < -0.39 is 10.5 Å². The third-order valence-corrected chi connectivity index (χ3v) is 3.65. The third-order valence-electron chi connectivity index (χ3n) is 2.83. The lowest BCUT2D eigenvalue weighted by atomic mass is 9.99. The largest absolute Gasteiger partial charge is 0.506 e. The number of non-ortho nitro benzene ring substituents is 1. The summed E-state index contributed by atoms with van der Waals surface area (Å²) in [4.78, 5) is 24.6. The molecule has 0 fully saturated rings. The zero-order valence-electron chi connectivity index (χ0n) is 10.7. The second-order valence-corrected chi connectivity index (χ2v) is 5.43. The summed E-state index contributed by atoms with van der Waals surface area (Å²) in [6.45, 7) is 1.62. The Morgan fingerprint density at radius 3 is 2.62 bits per heavy atom. The predicted molar refractivity (Wildman–Crippen MR) is 83.0 cm³/mol. The minimum absolute atomic E-state index is 0.0827. The summed E-state index contributed by atoms with van der Waals surface area (Å²) >= 11 is 1.75. The number of nitro benzene ring substituents is 1. The van der Waals surface area contributed by atoms with Crippen LogP contribution in [0.15, 0.2) is 23.0 Å². The van der Waals surface area contributed by atoms with E-state index in [1.807, 2.05) is 0 Å². The van der Waals surface area contributed by atoms with Gasteiger partial charge in [-0.25, -0.2) is 0 Å². The highest BCUT2D eigenvalue weighted by molar-refractivity contribution is 14.1. The van der Waals surface area contributed by atoms with Gasteiger partial charge in [0.25, 0.3) is 11.2 Å². The summed E-state index contributed by atoms with van der Waals surface area (Å²) in [5.74, 6) is -0.206. The second-order valence-electron chi connectivity index (χ2n) is 4.26. The number of pyridine rings is 1. The quantitative estimate of drug-likeness (QED) is 0.458. The Kier molecular flexibility index (Phi) is 3.95. The number of aryl methyl sites for hydroxylation is 1. The van der Waals surface area contributed by atoms with Gasteiger partial charge in [-0.1, -0.05) is 0 Å². The van der Waals surface area contributed by atoms with E-state index in [-0.39, 0.29) is 31.7 Å². The van der Waals surface area contributed by atoms with E-state index in [9.17, 15) is 20.0 Å². The smallest absolute Gasteiger partial charge is 0.271 e. The molecule has 21 heavy (non-hydrogen) atoms. The number of halogens is 1. The molecule has 0 spiro atoms. The lowest BCUT2D eigenvalue weighted by Crippen LogP contribution is -2.12. The monoisotopic (exact) mass is 397 g/mol. The molecule has 0 atom stereocenters. The summed E-state index contributed by atoms with van der Waals surface area (Å²) < 4.78 is 0.263. The maximum Gasteiger partial charge on any atom is 0.271 e. The number of aromatic hydroxyl groups is 1. The number of aromatic amines is 1. The number of benzene rings is 1. The van der Waals surface area contributed by atoms with Gasteiger partial charge in [-0.05, 0) is 35.6 Å². The molecule has 1 aromatic carbocycles. The Bertz CT molecular complexity index is 852. The van der Waals surface area contributed by atoms with Gasteiger partial charge in [0.05, 0.1) is 8.49 Å². The molecule has 1 heterocycles. The van der Waals surface area contributed by atoms with Crippen molar-refractivity contribution in [3.05, 3.63) is 53.5 Å². The minimum Gasteiger partial charge on any atom is -0.506 e. The molecule has 0 radical (unpaired) electrons. The number of phenols is 1. The van der Waals surface area contributed by atoms with Crippen LogP contribution in [0, 0.1) is 31.9 Å². The van der Waals surface area contributed by atoms with Gasteiger partial charge in [-0.15, -0.1) is 0 Å². The van der Waals surface area contributed by atoms with E-state index >= 15 is 0 Å². The molecule has 1 aromatic heterocycles. The lowest BCUT2D eigenvalue weighted by Gasteiger charge is -2.09. The topological polar surface area (TPSA) is 120 Å². The fourth-order valence-electron chi connectivity index (χ4n) is 1.91. The van der Waals surface area contributed by atoms with Crippen LogP contribution >= 0.6 is 22.6 Å². The van der Waals surface area contributed by atoms with Gasteiger partial charge in [0.15, 0.2) is 0 Å². The number of rotatable bonds is 2. The fourth-order valence-corrected chi connectivity index (χ4v) is 2.52. The highest BCUT2D eigenvalue weighted by Crippen LogP contribution is 2.37. The molecule has 0 unspecified atom stereocenters. The molecule has 0 saturated carbocycles. The van der Waals surface area contributed by atoms with Crippen molar-refractivity contribution in [2.45, 2.75) is 6.92 Å². The van der Waals surface area contributed by atoms with Crippen LogP contribution in [0.3, 0.4) is 0 Å². The van der Waals surface area contributed by atoms with Crippen molar-refractivity contribution in [2.75, 3.05) is 0 Å². The molecule has 2 N–H and O–H groups in total. The Balaban J connectivity index is 2.88. The highest BCUT2D eigenvalue weighted by Gasteiger charge is 2.20. The molecule has 0 saturated heterocycles. The summed E-state index contributed by atoms with van der Waals surface area (Å²) in [6, 6.07) is 5.61. The van der Waals surface area contributed by atoms with Gasteiger partial charge in [-0.3, -0.25) is 14.9 Å². The summed E-state index contributed by atoms with van der Waals surface area (Å²) in [6.07, 6.45) is 0. The van der Waals surface area contributed by atoms with Gasteiger partial charge in [-0.2, -0.15) is 5.26 Å². The number of hydrogen-bond acceptors (Lipinski definition) is 5. The molecule has 0 aliphatic rings. The van der Waals surface area contributed by atoms with Crippen LogP contribution in [-0.4, -0.2) is 15.0 Å². The molecular formula is C13H8IN3O4. The van der Waals surface area contributed by atoms with E-state index in [2.05, 4.69) is 4.98 Å². The first-order valence-corrected chi connectivity index (χ1v) is 6.74. The average Bonchev–Trinajstić information content (AvgIpc) is 2.40. The van der Waals surface area contributed by atoms with Crippen molar-refractivity contribution in [2.24, 2.45) is 0 Å². The van der Waals surface area contributed by atoms with E-state index in [4.69, 9.17) is 5.26 Å². The first-order valence-electron chi connectivity index (χ1n) is 5.66. The Morgan fingerprint density at radius 1 is 1.38 bits per heavy atom. The van der Waals surface area contributed by atoms with Crippen molar-refractivity contribution < 1.29 is 10.0 Å². The van der Waals surface area contributed by atoms with Crippen LogP contribution < -0.4 is 5.56 Å². The number of hydrogen-bond donors (Lipinski definition) is 2. The average molecular weight is 397 g/mol. The molecule has 0 aliphatic heterocycles. The number of nitriles is 1. The molecule has 0 bridgehead atoms.